The van der Waals surface area contributed by atoms with E-state index >= 15 is 0 Å². The Morgan fingerprint density at radius 1 is 1.12 bits per heavy atom. The number of benzene rings is 2. The van der Waals surface area contributed by atoms with Gasteiger partial charge in [-0.05, 0) is 61.8 Å². The van der Waals surface area contributed by atoms with Crippen LogP contribution in [0.1, 0.15) is 49.9 Å². The summed E-state index contributed by atoms with van der Waals surface area (Å²) in [6, 6.07) is 12.9. The van der Waals surface area contributed by atoms with Crippen molar-refractivity contribution in [2.24, 2.45) is 0 Å². The third-order valence-corrected chi connectivity index (χ3v) is 6.88. The summed E-state index contributed by atoms with van der Waals surface area (Å²) < 4.78 is 2.87. The predicted octanol–water partition coefficient (Wildman–Crippen LogP) is 6.00. The van der Waals surface area contributed by atoms with Crippen molar-refractivity contribution in [3.8, 4) is 0 Å². The highest BCUT2D eigenvalue weighted by Crippen LogP contribution is 2.35. The van der Waals surface area contributed by atoms with Crippen LogP contribution in [0.15, 0.2) is 36.4 Å². The van der Waals surface area contributed by atoms with E-state index in [1.807, 2.05) is 0 Å². The van der Waals surface area contributed by atoms with Crippen LogP contribution in [0.2, 0.25) is 0 Å². The van der Waals surface area contributed by atoms with E-state index in [0.717, 1.165) is 44.9 Å². The Bertz CT molecular complexity index is 1310. The van der Waals surface area contributed by atoms with Crippen LogP contribution in [0.4, 0.5) is 11.5 Å². The van der Waals surface area contributed by atoms with E-state index in [-0.39, 0.29) is 0 Å². The van der Waals surface area contributed by atoms with Crippen LogP contribution >= 0.6 is 12.2 Å². The number of H-pyrrole nitrogens is 1. The third-order valence-electron chi connectivity index (χ3n) is 6.56. The van der Waals surface area contributed by atoms with Gasteiger partial charge >= 0.3 is 0 Å². The van der Waals surface area contributed by atoms with Crippen molar-refractivity contribution < 1.29 is 0 Å². The first kappa shape index (κ1) is 20.9. The molecule has 4 aromatic rings. The number of nitrogens with one attached hydrogen (secondary N) is 2. The molecule has 0 aliphatic heterocycles. The molecule has 1 fully saturated rings. The summed E-state index contributed by atoms with van der Waals surface area (Å²) in [6.07, 6.45) is 4.88. The number of aryl methyl sites for hydroxylation is 1. The smallest absolute Gasteiger partial charge is 0.178 e. The van der Waals surface area contributed by atoms with Gasteiger partial charge in [0.15, 0.2) is 4.77 Å². The fourth-order valence-electron chi connectivity index (χ4n) is 4.71. The number of aromatic nitrogens is 4. The lowest BCUT2D eigenvalue weighted by molar-refractivity contribution is 0.673. The molecule has 1 aliphatic carbocycles. The molecule has 0 bridgehead atoms. The lowest BCUT2D eigenvalue weighted by atomic mass is 10.1. The number of anilines is 2. The van der Waals surface area contributed by atoms with Crippen LogP contribution in [-0.2, 0) is 13.1 Å². The van der Waals surface area contributed by atoms with Crippen molar-refractivity contribution >= 4 is 45.7 Å². The van der Waals surface area contributed by atoms with E-state index in [1.165, 1.54) is 36.9 Å². The van der Waals surface area contributed by atoms with Crippen LogP contribution < -0.4 is 10.2 Å². The Morgan fingerprint density at radius 3 is 2.56 bits per heavy atom. The van der Waals surface area contributed by atoms with Crippen molar-refractivity contribution in [1.29, 1.82) is 0 Å². The van der Waals surface area contributed by atoms with E-state index in [4.69, 9.17) is 22.2 Å². The predicted molar refractivity (Wildman–Crippen MR) is 135 cm³/mol. The summed E-state index contributed by atoms with van der Waals surface area (Å²) in [5, 5.41) is 4.64. The molecule has 5 rings (SSSR count). The van der Waals surface area contributed by atoms with Gasteiger partial charge in [-0.15, -0.1) is 0 Å². The molecule has 0 atom stereocenters. The maximum absolute atomic E-state index is 5.53. The van der Waals surface area contributed by atoms with Gasteiger partial charge < -0.3 is 19.8 Å². The molecule has 2 heterocycles. The van der Waals surface area contributed by atoms with Crippen molar-refractivity contribution in [3.63, 3.8) is 0 Å². The molecule has 2 aromatic carbocycles. The minimum Gasteiger partial charge on any atom is -0.378 e. The second kappa shape index (κ2) is 8.54. The highest BCUT2D eigenvalue weighted by molar-refractivity contribution is 7.71. The van der Waals surface area contributed by atoms with E-state index < -0.39 is 0 Å². The van der Waals surface area contributed by atoms with Gasteiger partial charge in [0.1, 0.15) is 11.6 Å². The Labute approximate surface area is 193 Å². The van der Waals surface area contributed by atoms with Gasteiger partial charge in [-0.25, -0.2) is 9.97 Å². The Kier molecular flexibility index (Phi) is 5.59. The van der Waals surface area contributed by atoms with Gasteiger partial charge in [0.2, 0.25) is 0 Å². The SMILES string of the molecule is CCn1c(=S)[nH]c2cc3c(NCc4ccc(N(C)C)cc4)nc(C4CCCC4)nc3cc21. The normalized spacial score (nSPS) is 14.5. The Hall–Kier alpha value is -2.93. The molecule has 0 saturated heterocycles. The van der Waals surface area contributed by atoms with E-state index in [0.29, 0.717) is 12.5 Å². The van der Waals surface area contributed by atoms with Crippen LogP contribution in [-0.4, -0.2) is 33.6 Å². The summed E-state index contributed by atoms with van der Waals surface area (Å²) in [4.78, 5) is 15.5. The molecule has 7 heteroatoms. The standard InChI is InChI=1S/C25H30N6S/c1-4-31-22-14-20-19(13-21(22)28-25(31)32)24(29-23(27-20)17-7-5-6-8-17)26-15-16-9-11-18(12-10-16)30(2)3/h9-14,17H,4-8,15H2,1-3H3,(H,28,32)(H,26,27,29). The average molecular weight is 447 g/mol. The molecule has 1 saturated carbocycles. The van der Waals surface area contributed by atoms with E-state index in [2.05, 4.69) is 77.2 Å². The second-order valence-corrected chi connectivity index (χ2v) is 9.27. The summed E-state index contributed by atoms with van der Waals surface area (Å²) in [5.41, 5.74) is 5.53. The molecule has 0 amide bonds. The van der Waals surface area contributed by atoms with Crippen molar-refractivity contribution in [2.45, 2.75) is 51.6 Å². The first-order chi connectivity index (χ1) is 15.5. The molecule has 2 aromatic heterocycles. The number of hydrogen-bond donors (Lipinski definition) is 2. The fourth-order valence-corrected chi connectivity index (χ4v) is 5.05. The molecular formula is C25H30N6S. The Morgan fingerprint density at radius 2 is 1.88 bits per heavy atom. The van der Waals surface area contributed by atoms with Crippen LogP contribution in [0.25, 0.3) is 21.9 Å². The molecular weight excluding hydrogens is 416 g/mol. The van der Waals surface area contributed by atoms with Gasteiger partial charge in [0.05, 0.1) is 16.6 Å². The summed E-state index contributed by atoms with van der Waals surface area (Å²) >= 11 is 5.53. The second-order valence-electron chi connectivity index (χ2n) is 8.89. The quantitative estimate of drug-likeness (QED) is 0.356. The number of fused-ring (bicyclic) bond motifs is 2. The zero-order valence-electron chi connectivity index (χ0n) is 19.0. The van der Waals surface area contributed by atoms with Gasteiger partial charge in [0.25, 0.3) is 0 Å². The summed E-state index contributed by atoms with van der Waals surface area (Å²) in [6.45, 7) is 3.67. The number of aromatic amines is 1. The zero-order valence-corrected chi connectivity index (χ0v) is 19.8. The highest BCUT2D eigenvalue weighted by atomic mass is 32.1. The molecule has 0 unspecified atom stereocenters. The number of hydrogen-bond acceptors (Lipinski definition) is 5. The van der Waals surface area contributed by atoms with Crippen molar-refractivity contribution in [1.82, 2.24) is 19.5 Å². The minimum atomic E-state index is 0.453. The maximum Gasteiger partial charge on any atom is 0.178 e. The molecule has 6 nitrogen and oxygen atoms in total. The number of imidazole rings is 1. The Balaban J connectivity index is 1.56. The van der Waals surface area contributed by atoms with Crippen molar-refractivity contribution in [2.75, 3.05) is 24.3 Å². The molecule has 1 aliphatic rings. The van der Waals surface area contributed by atoms with Gasteiger partial charge in [-0.2, -0.15) is 0 Å². The zero-order chi connectivity index (χ0) is 22.2. The first-order valence-electron chi connectivity index (χ1n) is 11.5. The first-order valence-corrected chi connectivity index (χ1v) is 11.9. The molecule has 0 radical (unpaired) electrons. The summed E-state index contributed by atoms with van der Waals surface area (Å²) in [7, 11) is 4.12. The fraction of sp³-hybridized carbons (Fsp3) is 0.400. The topological polar surface area (TPSA) is 61.8 Å². The number of rotatable bonds is 6. The lowest BCUT2D eigenvalue weighted by Crippen LogP contribution is -2.09. The summed E-state index contributed by atoms with van der Waals surface area (Å²) in [5.74, 6) is 2.32. The van der Waals surface area contributed by atoms with E-state index in [1.54, 1.807) is 0 Å². The van der Waals surface area contributed by atoms with Crippen LogP contribution in [0.3, 0.4) is 0 Å². The molecule has 32 heavy (non-hydrogen) atoms. The molecule has 0 spiro atoms. The largest absolute Gasteiger partial charge is 0.378 e. The number of nitrogens with zero attached hydrogens (tertiary/aromatic N) is 4. The monoisotopic (exact) mass is 446 g/mol. The average Bonchev–Trinajstić information content (AvgIpc) is 3.43. The van der Waals surface area contributed by atoms with Gasteiger partial charge in [-0.3, -0.25) is 0 Å². The minimum absolute atomic E-state index is 0.453. The highest BCUT2D eigenvalue weighted by Gasteiger charge is 2.22. The van der Waals surface area contributed by atoms with E-state index in [9.17, 15) is 0 Å². The third kappa shape index (κ3) is 3.86. The maximum atomic E-state index is 5.53. The van der Waals surface area contributed by atoms with Gasteiger partial charge in [0, 0.05) is 44.2 Å². The molecule has 166 valence electrons. The lowest BCUT2D eigenvalue weighted by Gasteiger charge is -2.15. The van der Waals surface area contributed by atoms with Crippen molar-refractivity contribution in [3.05, 3.63) is 52.6 Å². The van der Waals surface area contributed by atoms with Crippen LogP contribution in [0, 0.1) is 4.77 Å². The van der Waals surface area contributed by atoms with Gasteiger partial charge in [-0.1, -0.05) is 25.0 Å². The van der Waals surface area contributed by atoms with Crippen LogP contribution in [0.5, 0.6) is 0 Å². The molecule has 2 N–H and O–H groups in total.